The highest BCUT2D eigenvalue weighted by molar-refractivity contribution is 5.86. The van der Waals surface area contributed by atoms with E-state index in [1.165, 1.54) is 6.92 Å². The number of hydrogen-bond acceptors (Lipinski definition) is 3. The Bertz CT molecular complexity index is 302. The molecule has 17 heavy (non-hydrogen) atoms. The molecule has 0 bridgehead atoms. The van der Waals surface area contributed by atoms with Crippen LogP contribution in [0.3, 0.4) is 0 Å². The van der Waals surface area contributed by atoms with Gasteiger partial charge in [-0.3, -0.25) is 14.4 Å². The molecule has 0 saturated heterocycles. The van der Waals surface area contributed by atoms with Crippen LogP contribution in [-0.4, -0.2) is 35.0 Å². The van der Waals surface area contributed by atoms with Crippen LogP contribution in [0.5, 0.6) is 0 Å². The van der Waals surface area contributed by atoms with Gasteiger partial charge in [0.15, 0.2) is 0 Å². The number of hydrogen-bond donors (Lipinski definition) is 3. The van der Waals surface area contributed by atoms with E-state index in [9.17, 15) is 14.4 Å². The van der Waals surface area contributed by atoms with E-state index in [0.717, 1.165) is 0 Å². The van der Waals surface area contributed by atoms with Crippen LogP contribution in [0.4, 0.5) is 0 Å². The number of carbonyl (C=O) groups excluding carboxylic acids is 2. The van der Waals surface area contributed by atoms with Gasteiger partial charge in [0.2, 0.25) is 11.8 Å². The molecule has 0 aliphatic heterocycles. The van der Waals surface area contributed by atoms with Gasteiger partial charge in [-0.15, -0.1) is 0 Å². The quantitative estimate of drug-likeness (QED) is 0.618. The first-order valence-corrected chi connectivity index (χ1v) is 5.53. The van der Waals surface area contributed by atoms with Crippen LogP contribution in [0.1, 0.15) is 34.1 Å². The molecule has 0 fully saturated rings. The molecule has 0 aromatic rings. The van der Waals surface area contributed by atoms with Crippen molar-refractivity contribution in [2.75, 3.05) is 0 Å². The molecule has 3 N–H and O–H groups in total. The molecule has 0 rings (SSSR count). The molecule has 2 amide bonds. The zero-order chi connectivity index (χ0) is 13.6. The van der Waals surface area contributed by atoms with Crippen LogP contribution in [0.15, 0.2) is 0 Å². The lowest BCUT2D eigenvalue weighted by molar-refractivity contribution is -0.138. The Labute approximate surface area is 101 Å². The van der Waals surface area contributed by atoms with Gasteiger partial charge in [0.1, 0.15) is 6.04 Å². The standard InChI is InChI=1S/C11H20N2O4/c1-6(2)9(5-10(15)16)13-11(17)7(3)12-8(4)14/h6-7,9H,5H2,1-4H3,(H,12,14)(H,13,17)(H,15,16). The second-order valence-corrected chi connectivity index (χ2v) is 4.38. The normalized spacial score (nSPS) is 13.9. The minimum atomic E-state index is -0.962. The van der Waals surface area contributed by atoms with Crippen LogP contribution < -0.4 is 10.6 Å². The Kier molecular flexibility index (Phi) is 6.23. The highest BCUT2D eigenvalue weighted by atomic mass is 16.4. The van der Waals surface area contributed by atoms with Gasteiger partial charge >= 0.3 is 5.97 Å². The fraction of sp³-hybridized carbons (Fsp3) is 0.727. The van der Waals surface area contributed by atoms with Crippen LogP contribution in [0, 0.1) is 5.92 Å². The van der Waals surface area contributed by atoms with E-state index < -0.39 is 18.1 Å². The monoisotopic (exact) mass is 244 g/mol. The third kappa shape index (κ3) is 6.55. The fourth-order valence-corrected chi connectivity index (χ4v) is 1.32. The molecule has 98 valence electrons. The molecule has 0 aromatic carbocycles. The Morgan fingerprint density at radius 2 is 1.65 bits per heavy atom. The molecule has 6 nitrogen and oxygen atoms in total. The molecule has 0 aliphatic carbocycles. The lowest BCUT2D eigenvalue weighted by Crippen LogP contribution is -2.49. The molecule has 0 radical (unpaired) electrons. The number of carboxylic acid groups (broad SMARTS) is 1. The summed E-state index contributed by atoms with van der Waals surface area (Å²) in [5.74, 6) is -1.62. The van der Waals surface area contributed by atoms with Gasteiger partial charge in [-0.05, 0) is 12.8 Å². The summed E-state index contributed by atoms with van der Waals surface area (Å²) >= 11 is 0. The average Bonchev–Trinajstić information content (AvgIpc) is 2.14. The minimum Gasteiger partial charge on any atom is -0.481 e. The van der Waals surface area contributed by atoms with Crippen molar-refractivity contribution in [3.8, 4) is 0 Å². The molecule has 0 aromatic heterocycles. The maximum absolute atomic E-state index is 11.7. The number of carboxylic acids is 1. The number of carbonyl (C=O) groups is 3. The van der Waals surface area contributed by atoms with Gasteiger partial charge in [0.05, 0.1) is 6.42 Å². The summed E-state index contributed by atoms with van der Waals surface area (Å²) in [6.07, 6.45) is -0.129. The first kappa shape index (κ1) is 15.4. The largest absolute Gasteiger partial charge is 0.481 e. The summed E-state index contributed by atoms with van der Waals surface area (Å²) in [6, 6.07) is -1.10. The summed E-state index contributed by atoms with van der Waals surface area (Å²) in [4.78, 5) is 33.0. The molecular formula is C11H20N2O4. The van der Waals surface area contributed by atoms with E-state index in [1.807, 2.05) is 13.8 Å². The maximum atomic E-state index is 11.7. The number of nitrogens with one attached hydrogen (secondary N) is 2. The molecule has 0 spiro atoms. The van der Waals surface area contributed by atoms with Gasteiger partial charge < -0.3 is 15.7 Å². The van der Waals surface area contributed by atoms with Crippen LogP contribution in [-0.2, 0) is 14.4 Å². The van der Waals surface area contributed by atoms with Crippen LogP contribution >= 0.6 is 0 Å². The zero-order valence-corrected chi connectivity index (χ0v) is 10.6. The molecule has 0 saturated carbocycles. The van der Waals surface area contributed by atoms with Crippen molar-refractivity contribution >= 4 is 17.8 Å². The Morgan fingerprint density at radius 1 is 1.12 bits per heavy atom. The van der Waals surface area contributed by atoms with Crippen molar-refractivity contribution in [1.29, 1.82) is 0 Å². The fourth-order valence-electron chi connectivity index (χ4n) is 1.32. The molecule has 6 heteroatoms. The van der Waals surface area contributed by atoms with E-state index in [1.54, 1.807) is 6.92 Å². The van der Waals surface area contributed by atoms with E-state index in [4.69, 9.17) is 5.11 Å². The molecule has 0 aliphatic rings. The first-order valence-electron chi connectivity index (χ1n) is 5.53. The number of aliphatic carboxylic acids is 1. The lowest BCUT2D eigenvalue weighted by Gasteiger charge is -2.23. The first-order chi connectivity index (χ1) is 7.73. The molecule has 2 unspecified atom stereocenters. The number of amides is 2. The highest BCUT2D eigenvalue weighted by Gasteiger charge is 2.22. The maximum Gasteiger partial charge on any atom is 0.305 e. The van der Waals surface area contributed by atoms with Crippen molar-refractivity contribution in [2.45, 2.75) is 46.2 Å². The number of rotatable bonds is 6. The average molecular weight is 244 g/mol. The van der Waals surface area contributed by atoms with E-state index >= 15 is 0 Å². The SMILES string of the molecule is CC(=O)NC(C)C(=O)NC(CC(=O)O)C(C)C. The van der Waals surface area contributed by atoms with Crippen LogP contribution in [0.25, 0.3) is 0 Å². The molecule has 0 heterocycles. The smallest absolute Gasteiger partial charge is 0.305 e. The topological polar surface area (TPSA) is 95.5 Å². The van der Waals surface area contributed by atoms with Crippen molar-refractivity contribution in [2.24, 2.45) is 5.92 Å². The van der Waals surface area contributed by atoms with E-state index in [2.05, 4.69) is 10.6 Å². The minimum absolute atomic E-state index is 0.0135. The van der Waals surface area contributed by atoms with Crippen molar-refractivity contribution < 1.29 is 19.5 Å². The summed E-state index contributed by atoms with van der Waals surface area (Å²) in [5.41, 5.74) is 0. The van der Waals surface area contributed by atoms with Gasteiger partial charge in [-0.1, -0.05) is 13.8 Å². The lowest BCUT2D eigenvalue weighted by atomic mass is 10.0. The third-order valence-electron chi connectivity index (χ3n) is 2.34. The molecular weight excluding hydrogens is 224 g/mol. The van der Waals surface area contributed by atoms with Crippen molar-refractivity contribution in [3.63, 3.8) is 0 Å². The summed E-state index contributed by atoms with van der Waals surface area (Å²) in [7, 11) is 0. The predicted molar refractivity (Wildman–Crippen MR) is 62.3 cm³/mol. The van der Waals surface area contributed by atoms with E-state index in [-0.39, 0.29) is 24.2 Å². The summed E-state index contributed by atoms with van der Waals surface area (Å²) < 4.78 is 0. The Balaban J connectivity index is 4.39. The van der Waals surface area contributed by atoms with Crippen molar-refractivity contribution in [3.05, 3.63) is 0 Å². The van der Waals surface area contributed by atoms with Gasteiger partial charge in [-0.2, -0.15) is 0 Å². The summed E-state index contributed by atoms with van der Waals surface area (Å²) in [5, 5.41) is 13.8. The van der Waals surface area contributed by atoms with Gasteiger partial charge in [0, 0.05) is 13.0 Å². The Morgan fingerprint density at radius 3 is 2.00 bits per heavy atom. The Hall–Kier alpha value is -1.59. The zero-order valence-electron chi connectivity index (χ0n) is 10.6. The highest BCUT2D eigenvalue weighted by Crippen LogP contribution is 2.06. The van der Waals surface area contributed by atoms with Crippen molar-refractivity contribution in [1.82, 2.24) is 10.6 Å². The molecule has 2 atom stereocenters. The van der Waals surface area contributed by atoms with Crippen LogP contribution in [0.2, 0.25) is 0 Å². The van der Waals surface area contributed by atoms with E-state index in [0.29, 0.717) is 0 Å². The predicted octanol–water partition coefficient (Wildman–Crippen LogP) is 0.127. The third-order valence-corrected chi connectivity index (χ3v) is 2.34. The van der Waals surface area contributed by atoms with Gasteiger partial charge in [0.25, 0.3) is 0 Å². The van der Waals surface area contributed by atoms with Gasteiger partial charge in [-0.25, -0.2) is 0 Å². The second kappa shape index (κ2) is 6.88. The summed E-state index contributed by atoms with van der Waals surface area (Å²) in [6.45, 7) is 6.53. The second-order valence-electron chi connectivity index (χ2n) is 4.38.